The summed E-state index contributed by atoms with van der Waals surface area (Å²) in [6.45, 7) is 1.61. The van der Waals surface area contributed by atoms with Gasteiger partial charge in [0.25, 0.3) is 0 Å². The van der Waals surface area contributed by atoms with Gasteiger partial charge in [0.05, 0.1) is 10.7 Å². The summed E-state index contributed by atoms with van der Waals surface area (Å²) in [5.74, 6) is -0.205. The predicted octanol–water partition coefficient (Wildman–Crippen LogP) is 3.92. The van der Waals surface area contributed by atoms with Crippen LogP contribution in [0.1, 0.15) is 11.3 Å². The third-order valence-corrected chi connectivity index (χ3v) is 4.32. The molecular formula is C16H13ClFN3. The SMILES string of the molecule is Fc1ccc2[nH]c3c(c2c1)CN(c1ccncc1Cl)CC3. The first-order valence-electron chi connectivity index (χ1n) is 6.86. The van der Waals surface area contributed by atoms with Gasteiger partial charge in [-0.2, -0.15) is 0 Å². The first-order chi connectivity index (χ1) is 10.2. The van der Waals surface area contributed by atoms with E-state index in [1.54, 1.807) is 24.5 Å². The molecule has 1 aromatic carbocycles. The Balaban J connectivity index is 1.79. The number of nitrogens with zero attached hydrogens (tertiary/aromatic N) is 2. The average Bonchev–Trinajstić information content (AvgIpc) is 2.85. The van der Waals surface area contributed by atoms with Crippen molar-refractivity contribution >= 4 is 28.2 Å². The van der Waals surface area contributed by atoms with Gasteiger partial charge in [0.2, 0.25) is 0 Å². The maximum Gasteiger partial charge on any atom is 0.123 e. The molecule has 0 fully saturated rings. The van der Waals surface area contributed by atoms with E-state index in [4.69, 9.17) is 11.6 Å². The monoisotopic (exact) mass is 301 g/mol. The van der Waals surface area contributed by atoms with Crippen molar-refractivity contribution in [1.29, 1.82) is 0 Å². The molecule has 0 radical (unpaired) electrons. The molecule has 21 heavy (non-hydrogen) atoms. The third kappa shape index (κ3) is 2.07. The summed E-state index contributed by atoms with van der Waals surface area (Å²) in [6.07, 6.45) is 4.29. The van der Waals surface area contributed by atoms with Gasteiger partial charge in [-0.25, -0.2) is 4.39 Å². The Hall–Kier alpha value is -2.07. The number of fused-ring (bicyclic) bond motifs is 3. The molecule has 0 aliphatic carbocycles. The van der Waals surface area contributed by atoms with Crippen LogP contribution in [-0.4, -0.2) is 16.5 Å². The second-order valence-corrected chi connectivity index (χ2v) is 5.68. The standard InChI is InChI=1S/C16H13ClFN3/c17-13-8-19-5-3-16(13)21-6-4-15-12(9-21)11-7-10(18)1-2-14(11)20-15/h1-3,5,7-8,20H,4,6,9H2. The number of halogens is 2. The lowest BCUT2D eigenvalue weighted by atomic mass is 10.0. The molecule has 0 bridgehead atoms. The Morgan fingerprint density at radius 3 is 3.05 bits per heavy atom. The number of rotatable bonds is 1. The fourth-order valence-electron chi connectivity index (χ4n) is 3.02. The van der Waals surface area contributed by atoms with Crippen LogP contribution in [-0.2, 0) is 13.0 Å². The van der Waals surface area contributed by atoms with Crippen LogP contribution in [0, 0.1) is 5.82 Å². The second-order valence-electron chi connectivity index (χ2n) is 5.27. The van der Waals surface area contributed by atoms with E-state index in [-0.39, 0.29) is 5.82 Å². The van der Waals surface area contributed by atoms with E-state index >= 15 is 0 Å². The van der Waals surface area contributed by atoms with Crippen LogP contribution in [0.5, 0.6) is 0 Å². The van der Waals surface area contributed by atoms with Gasteiger partial charge in [-0.3, -0.25) is 4.98 Å². The van der Waals surface area contributed by atoms with E-state index in [2.05, 4.69) is 14.9 Å². The number of pyridine rings is 1. The first kappa shape index (κ1) is 12.7. The van der Waals surface area contributed by atoms with Crippen LogP contribution >= 0.6 is 11.6 Å². The Morgan fingerprint density at radius 2 is 2.19 bits per heavy atom. The lowest BCUT2D eigenvalue weighted by Crippen LogP contribution is -2.30. The zero-order valence-corrected chi connectivity index (χ0v) is 12.0. The van der Waals surface area contributed by atoms with Gasteiger partial charge in [-0.15, -0.1) is 0 Å². The summed E-state index contributed by atoms with van der Waals surface area (Å²) in [5.41, 5.74) is 4.31. The van der Waals surface area contributed by atoms with Crippen LogP contribution in [0.4, 0.5) is 10.1 Å². The van der Waals surface area contributed by atoms with Crippen LogP contribution < -0.4 is 4.90 Å². The second kappa shape index (κ2) is 4.74. The Labute approximate surface area is 126 Å². The van der Waals surface area contributed by atoms with E-state index in [0.29, 0.717) is 5.02 Å². The summed E-state index contributed by atoms with van der Waals surface area (Å²) in [6, 6.07) is 6.81. The quantitative estimate of drug-likeness (QED) is 0.739. The molecule has 3 heterocycles. The Bertz CT molecular complexity index is 828. The number of hydrogen-bond donors (Lipinski definition) is 1. The number of benzene rings is 1. The zero-order valence-electron chi connectivity index (χ0n) is 11.2. The molecule has 0 amide bonds. The number of nitrogens with one attached hydrogen (secondary N) is 1. The minimum Gasteiger partial charge on any atom is -0.365 e. The summed E-state index contributed by atoms with van der Waals surface area (Å²) in [7, 11) is 0. The molecule has 0 saturated heterocycles. The van der Waals surface area contributed by atoms with Crippen LogP contribution in [0.2, 0.25) is 5.02 Å². The Kier molecular flexibility index (Phi) is 2.86. The van der Waals surface area contributed by atoms with Crippen molar-refractivity contribution in [2.75, 3.05) is 11.4 Å². The van der Waals surface area contributed by atoms with E-state index in [9.17, 15) is 4.39 Å². The molecule has 0 spiro atoms. The molecule has 2 aromatic heterocycles. The smallest absolute Gasteiger partial charge is 0.123 e. The fourth-order valence-corrected chi connectivity index (χ4v) is 3.26. The number of H-pyrrole nitrogens is 1. The van der Waals surface area contributed by atoms with Gasteiger partial charge in [-0.05, 0) is 24.3 Å². The van der Waals surface area contributed by atoms with Gasteiger partial charge >= 0.3 is 0 Å². The van der Waals surface area contributed by atoms with Crippen LogP contribution in [0.25, 0.3) is 10.9 Å². The average molecular weight is 302 g/mol. The zero-order chi connectivity index (χ0) is 14.4. The largest absolute Gasteiger partial charge is 0.365 e. The molecule has 0 atom stereocenters. The maximum atomic E-state index is 13.5. The topological polar surface area (TPSA) is 31.9 Å². The molecule has 1 aliphatic rings. The molecule has 4 rings (SSSR count). The van der Waals surface area contributed by atoms with Gasteiger partial charge < -0.3 is 9.88 Å². The molecule has 5 heteroatoms. The highest BCUT2D eigenvalue weighted by molar-refractivity contribution is 6.33. The number of anilines is 1. The van der Waals surface area contributed by atoms with Crippen LogP contribution in [0.3, 0.4) is 0 Å². The number of hydrogen-bond acceptors (Lipinski definition) is 2. The lowest BCUT2D eigenvalue weighted by molar-refractivity contribution is 0.629. The lowest BCUT2D eigenvalue weighted by Gasteiger charge is -2.29. The molecule has 1 aliphatic heterocycles. The van der Waals surface area contributed by atoms with Crippen molar-refractivity contribution in [3.8, 4) is 0 Å². The summed E-state index contributed by atoms with van der Waals surface area (Å²) >= 11 is 6.23. The Morgan fingerprint density at radius 1 is 1.29 bits per heavy atom. The minimum absolute atomic E-state index is 0.205. The normalized spacial score (nSPS) is 14.5. The highest BCUT2D eigenvalue weighted by atomic mass is 35.5. The van der Waals surface area contributed by atoms with Crippen molar-refractivity contribution in [2.45, 2.75) is 13.0 Å². The van der Waals surface area contributed by atoms with E-state index < -0.39 is 0 Å². The summed E-state index contributed by atoms with van der Waals surface area (Å²) in [5, 5.41) is 1.60. The van der Waals surface area contributed by atoms with Gasteiger partial charge in [0.1, 0.15) is 5.82 Å². The molecule has 1 N–H and O–H groups in total. The number of aromatic nitrogens is 2. The van der Waals surface area contributed by atoms with E-state index in [1.165, 1.54) is 11.8 Å². The van der Waals surface area contributed by atoms with Gasteiger partial charge in [-0.1, -0.05) is 11.6 Å². The van der Waals surface area contributed by atoms with Crippen molar-refractivity contribution in [3.05, 3.63) is 58.8 Å². The van der Waals surface area contributed by atoms with E-state index in [1.807, 2.05) is 6.07 Å². The fraction of sp³-hybridized carbons (Fsp3) is 0.188. The van der Waals surface area contributed by atoms with Gasteiger partial charge in [0.15, 0.2) is 0 Å². The number of aromatic amines is 1. The maximum absolute atomic E-state index is 13.5. The first-order valence-corrected chi connectivity index (χ1v) is 7.23. The molecule has 3 nitrogen and oxygen atoms in total. The highest BCUT2D eigenvalue weighted by Gasteiger charge is 2.22. The molecule has 3 aromatic rings. The molecule has 0 saturated carbocycles. The molecular weight excluding hydrogens is 289 g/mol. The highest BCUT2D eigenvalue weighted by Crippen LogP contribution is 2.33. The van der Waals surface area contributed by atoms with Crippen molar-refractivity contribution < 1.29 is 4.39 Å². The summed E-state index contributed by atoms with van der Waals surface area (Å²) < 4.78 is 13.5. The van der Waals surface area contributed by atoms with Crippen molar-refractivity contribution in [3.63, 3.8) is 0 Å². The molecule has 106 valence electrons. The minimum atomic E-state index is -0.205. The van der Waals surface area contributed by atoms with E-state index in [0.717, 1.165) is 41.7 Å². The molecule has 0 unspecified atom stereocenters. The summed E-state index contributed by atoms with van der Waals surface area (Å²) in [4.78, 5) is 9.63. The van der Waals surface area contributed by atoms with Crippen molar-refractivity contribution in [2.24, 2.45) is 0 Å². The van der Waals surface area contributed by atoms with Crippen molar-refractivity contribution in [1.82, 2.24) is 9.97 Å². The third-order valence-electron chi connectivity index (χ3n) is 4.03. The predicted molar refractivity (Wildman–Crippen MR) is 82.3 cm³/mol. The van der Waals surface area contributed by atoms with Crippen LogP contribution in [0.15, 0.2) is 36.7 Å². The van der Waals surface area contributed by atoms with Gasteiger partial charge in [0, 0.05) is 54.1 Å².